The lowest BCUT2D eigenvalue weighted by Crippen LogP contribution is -2.47. The van der Waals surface area contributed by atoms with Gasteiger partial charge in [0.1, 0.15) is 17.1 Å². The maximum Gasteiger partial charge on any atom is 0.348 e. The zero-order chi connectivity index (χ0) is 20.8. The van der Waals surface area contributed by atoms with Crippen LogP contribution >= 0.6 is 0 Å². The highest BCUT2D eigenvalue weighted by atomic mass is 16.4. The maximum atomic E-state index is 13.1. The first-order valence-electron chi connectivity index (χ1n) is 9.90. The molecule has 1 fully saturated rings. The molecule has 29 heavy (non-hydrogen) atoms. The number of unbranched alkanes of at least 4 members (excludes halogenated alkanes) is 2. The number of carbonyl (C=O) groups excluding carboxylic acids is 2. The first-order chi connectivity index (χ1) is 14.0. The van der Waals surface area contributed by atoms with Crippen LogP contribution in [0.1, 0.15) is 54.5 Å². The molecule has 0 unspecified atom stereocenters. The third-order valence-corrected chi connectivity index (χ3v) is 4.93. The Morgan fingerprint density at radius 1 is 1.24 bits per heavy atom. The quantitative estimate of drug-likeness (QED) is 0.417. The van der Waals surface area contributed by atoms with Crippen molar-refractivity contribution < 1.29 is 18.4 Å². The third-order valence-electron chi connectivity index (χ3n) is 4.93. The monoisotopic (exact) mass is 398 g/mol. The summed E-state index contributed by atoms with van der Waals surface area (Å²) in [5.41, 5.74) is -0.00398. The minimum atomic E-state index is -0.731. The number of hydrogen-bond acceptors (Lipinski definition) is 6. The van der Waals surface area contributed by atoms with Crippen molar-refractivity contribution in [2.24, 2.45) is 0 Å². The average Bonchev–Trinajstić information content (AvgIpc) is 3.37. The van der Waals surface area contributed by atoms with Crippen LogP contribution in [0.4, 0.5) is 0 Å². The number of furan rings is 1. The molecule has 1 aliphatic rings. The second-order valence-corrected chi connectivity index (χ2v) is 7.26. The van der Waals surface area contributed by atoms with E-state index in [1.165, 1.54) is 12.3 Å². The van der Waals surface area contributed by atoms with Gasteiger partial charge >= 0.3 is 5.63 Å². The number of imide groups is 1. The topological polar surface area (TPSA) is 92.8 Å². The molecule has 1 aliphatic heterocycles. The van der Waals surface area contributed by atoms with Gasteiger partial charge in [-0.15, -0.1) is 0 Å². The number of nitrogens with zero attached hydrogens (tertiary/aromatic N) is 1. The van der Waals surface area contributed by atoms with Gasteiger partial charge in [-0.25, -0.2) is 4.79 Å². The molecule has 0 bridgehead atoms. The normalized spacial score (nSPS) is 16.2. The zero-order valence-corrected chi connectivity index (χ0v) is 16.6. The van der Waals surface area contributed by atoms with Crippen LogP contribution in [0.15, 0.2) is 56.3 Å². The van der Waals surface area contributed by atoms with Gasteiger partial charge < -0.3 is 14.2 Å². The van der Waals surface area contributed by atoms with Crippen LogP contribution in [-0.4, -0.2) is 29.3 Å². The van der Waals surface area contributed by atoms with Crippen LogP contribution in [-0.2, 0) is 17.8 Å². The second-order valence-electron chi connectivity index (χ2n) is 7.26. The van der Waals surface area contributed by atoms with Crippen LogP contribution in [0.3, 0.4) is 0 Å². The molecule has 0 aliphatic carbocycles. The fourth-order valence-electron chi connectivity index (χ4n) is 3.31. The van der Waals surface area contributed by atoms with Gasteiger partial charge in [0.05, 0.1) is 18.8 Å². The summed E-state index contributed by atoms with van der Waals surface area (Å²) in [6.07, 6.45) is 5.57. The lowest BCUT2D eigenvalue weighted by molar-refractivity contribution is -0.131. The maximum absolute atomic E-state index is 13.1. The van der Waals surface area contributed by atoms with Crippen molar-refractivity contribution >= 4 is 11.8 Å². The molecule has 0 spiro atoms. The highest BCUT2D eigenvalue weighted by Crippen LogP contribution is 2.17. The molecule has 2 aromatic rings. The molecule has 7 heteroatoms. The minimum absolute atomic E-state index is 0.0625. The Labute approximate surface area is 169 Å². The number of hydrogen-bond donors (Lipinski definition) is 1. The van der Waals surface area contributed by atoms with E-state index < -0.39 is 23.5 Å². The van der Waals surface area contributed by atoms with Gasteiger partial charge in [0.15, 0.2) is 0 Å². The molecular weight excluding hydrogens is 372 g/mol. The number of rotatable bonds is 8. The Hall–Kier alpha value is -2.93. The highest BCUT2D eigenvalue weighted by Gasteiger charge is 2.34. The second kappa shape index (κ2) is 9.52. The standard InChI is InChI=1S/C22H26N2O5/c1-3-4-5-7-16-9-10-18(22(27)29-16)20(25)24(14-17-8-6-11-28-17)21(26)19-12-15(2)13-23-19/h6,8-11,19,23H,2-5,7,12-14H2,1H3/t19-/m0/s1. The summed E-state index contributed by atoms with van der Waals surface area (Å²) in [7, 11) is 0. The van der Waals surface area contributed by atoms with E-state index in [1.54, 1.807) is 18.2 Å². The molecule has 1 atom stereocenters. The predicted octanol–water partition coefficient (Wildman–Crippen LogP) is 3.05. The van der Waals surface area contributed by atoms with E-state index in [0.717, 1.165) is 29.7 Å². The molecule has 0 aromatic carbocycles. The third kappa shape index (κ3) is 5.12. The van der Waals surface area contributed by atoms with Gasteiger partial charge in [-0.2, -0.15) is 0 Å². The molecule has 2 aromatic heterocycles. The van der Waals surface area contributed by atoms with Gasteiger partial charge in [-0.05, 0) is 37.1 Å². The number of carbonyl (C=O) groups is 2. The zero-order valence-electron chi connectivity index (χ0n) is 16.6. The fraction of sp³-hybridized carbons (Fsp3) is 0.409. The number of amides is 2. The lowest BCUT2D eigenvalue weighted by atomic mass is 10.1. The Balaban J connectivity index is 1.83. The number of nitrogens with one attached hydrogen (secondary N) is 1. The molecule has 3 rings (SSSR count). The number of aryl methyl sites for hydroxylation is 1. The van der Waals surface area contributed by atoms with E-state index in [4.69, 9.17) is 8.83 Å². The van der Waals surface area contributed by atoms with Crippen molar-refractivity contribution in [1.82, 2.24) is 10.2 Å². The van der Waals surface area contributed by atoms with Crippen LogP contribution in [0.5, 0.6) is 0 Å². The Kier molecular flexibility index (Phi) is 6.82. The smallest absolute Gasteiger partial charge is 0.348 e. The SMILES string of the molecule is C=C1CN[C@H](C(=O)N(Cc2ccco2)C(=O)c2ccc(CCCCC)oc2=O)C1. The summed E-state index contributed by atoms with van der Waals surface area (Å²) in [5, 5.41) is 3.05. The molecule has 2 amide bonds. The van der Waals surface area contributed by atoms with Crippen molar-refractivity contribution in [2.75, 3.05) is 6.54 Å². The van der Waals surface area contributed by atoms with Crippen molar-refractivity contribution in [2.45, 2.75) is 51.6 Å². The van der Waals surface area contributed by atoms with E-state index in [0.29, 0.717) is 30.9 Å². The summed E-state index contributed by atoms with van der Waals surface area (Å²) in [6, 6.07) is 5.88. The first-order valence-corrected chi connectivity index (χ1v) is 9.90. The van der Waals surface area contributed by atoms with Crippen molar-refractivity contribution in [3.05, 3.63) is 70.2 Å². The summed E-state index contributed by atoms with van der Waals surface area (Å²) in [6.45, 7) is 6.43. The van der Waals surface area contributed by atoms with E-state index in [2.05, 4.69) is 18.8 Å². The molecule has 7 nitrogen and oxygen atoms in total. The molecule has 1 N–H and O–H groups in total. The fourth-order valence-corrected chi connectivity index (χ4v) is 3.31. The molecule has 3 heterocycles. The van der Waals surface area contributed by atoms with E-state index >= 15 is 0 Å². The lowest BCUT2D eigenvalue weighted by Gasteiger charge is -2.22. The van der Waals surface area contributed by atoms with E-state index in [1.807, 2.05) is 0 Å². The Morgan fingerprint density at radius 3 is 2.69 bits per heavy atom. The van der Waals surface area contributed by atoms with Gasteiger partial charge in [-0.3, -0.25) is 14.5 Å². The van der Waals surface area contributed by atoms with Crippen LogP contribution < -0.4 is 10.9 Å². The summed E-state index contributed by atoms with van der Waals surface area (Å²) in [5.74, 6) is -0.127. The first kappa shape index (κ1) is 20.8. The summed E-state index contributed by atoms with van der Waals surface area (Å²) >= 11 is 0. The Bertz CT molecular complexity index is 929. The van der Waals surface area contributed by atoms with Gasteiger partial charge in [0.25, 0.3) is 5.91 Å². The molecular formula is C22H26N2O5. The minimum Gasteiger partial charge on any atom is -0.467 e. The molecule has 1 saturated heterocycles. The predicted molar refractivity (Wildman–Crippen MR) is 107 cm³/mol. The van der Waals surface area contributed by atoms with E-state index in [9.17, 15) is 14.4 Å². The van der Waals surface area contributed by atoms with Crippen LogP contribution in [0, 0.1) is 0 Å². The Morgan fingerprint density at radius 2 is 2.07 bits per heavy atom. The molecule has 154 valence electrons. The average molecular weight is 398 g/mol. The van der Waals surface area contributed by atoms with Gasteiger partial charge in [-0.1, -0.05) is 31.9 Å². The molecule has 0 radical (unpaired) electrons. The van der Waals surface area contributed by atoms with Crippen molar-refractivity contribution in [3.63, 3.8) is 0 Å². The van der Waals surface area contributed by atoms with Crippen molar-refractivity contribution in [1.29, 1.82) is 0 Å². The van der Waals surface area contributed by atoms with Crippen LogP contribution in [0.25, 0.3) is 0 Å². The summed E-state index contributed by atoms with van der Waals surface area (Å²) in [4.78, 5) is 39.6. The van der Waals surface area contributed by atoms with Gasteiger partial charge in [0, 0.05) is 13.0 Å². The van der Waals surface area contributed by atoms with E-state index in [-0.39, 0.29) is 12.1 Å². The van der Waals surface area contributed by atoms with Gasteiger partial charge in [0.2, 0.25) is 5.91 Å². The van der Waals surface area contributed by atoms with Crippen molar-refractivity contribution in [3.8, 4) is 0 Å². The van der Waals surface area contributed by atoms with Crippen LogP contribution in [0.2, 0.25) is 0 Å². The highest BCUT2D eigenvalue weighted by molar-refractivity contribution is 6.06. The molecule has 0 saturated carbocycles. The largest absolute Gasteiger partial charge is 0.467 e. The summed E-state index contributed by atoms with van der Waals surface area (Å²) < 4.78 is 10.6.